The van der Waals surface area contributed by atoms with Gasteiger partial charge in [0.2, 0.25) is 0 Å². The van der Waals surface area contributed by atoms with Crippen molar-refractivity contribution < 1.29 is 32.0 Å². The summed E-state index contributed by atoms with van der Waals surface area (Å²) in [5.74, 6) is -1.53. The Hall–Kier alpha value is -3.14. The highest BCUT2D eigenvalue weighted by Gasteiger charge is 2.36. The number of ether oxygens (including phenoxy) is 1. The van der Waals surface area contributed by atoms with Crippen LogP contribution in [0.2, 0.25) is 0 Å². The van der Waals surface area contributed by atoms with Crippen LogP contribution in [0.1, 0.15) is 46.7 Å². The molecule has 1 fully saturated rings. The normalized spacial score (nSPS) is 18.0. The molecule has 172 valence electrons. The number of sulfone groups is 1. The zero-order chi connectivity index (χ0) is 23.5. The van der Waals surface area contributed by atoms with Crippen molar-refractivity contribution in [3.63, 3.8) is 0 Å². The minimum Gasteiger partial charge on any atom is -0.459 e. The number of carbonyl (C=O) groups excluding carboxylic acids is 3. The third-order valence-electron chi connectivity index (χ3n) is 5.37. The van der Waals surface area contributed by atoms with Crippen LogP contribution in [-0.2, 0) is 19.4 Å². The summed E-state index contributed by atoms with van der Waals surface area (Å²) in [6.07, 6.45) is 0.668. The van der Waals surface area contributed by atoms with Crippen molar-refractivity contribution in [3.8, 4) is 0 Å². The average molecular weight is 463 g/mol. The van der Waals surface area contributed by atoms with E-state index in [4.69, 9.17) is 9.15 Å². The van der Waals surface area contributed by atoms with E-state index in [1.807, 2.05) is 0 Å². The van der Waals surface area contributed by atoms with Gasteiger partial charge in [0.1, 0.15) is 0 Å². The van der Waals surface area contributed by atoms with Gasteiger partial charge < -0.3 is 19.4 Å². The first kappa shape index (κ1) is 23.5. The van der Waals surface area contributed by atoms with Crippen molar-refractivity contribution in [2.75, 3.05) is 23.4 Å². The number of esters is 1. The van der Waals surface area contributed by atoms with E-state index in [1.165, 1.54) is 30.2 Å². The van der Waals surface area contributed by atoms with Gasteiger partial charge in [0.25, 0.3) is 11.8 Å². The third kappa shape index (κ3) is 5.37. The van der Waals surface area contributed by atoms with Crippen molar-refractivity contribution >= 4 is 33.3 Å². The lowest BCUT2D eigenvalue weighted by Crippen LogP contribution is -2.46. The van der Waals surface area contributed by atoms with E-state index in [0.29, 0.717) is 18.7 Å². The molecule has 10 heteroatoms. The molecular formula is C22H26N2O7S. The fraction of sp³-hybridized carbons (Fsp3) is 0.409. The molecule has 1 N–H and O–H groups in total. The predicted octanol–water partition coefficient (Wildman–Crippen LogP) is 2.42. The van der Waals surface area contributed by atoms with Crippen LogP contribution in [0.4, 0.5) is 5.69 Å². The Kier molecular flexibility index (Phi) is 7.02. The third-order valence-corrected chi connectivity index (χ3v) is 7.12. The maximum atomic E-state index is 12.8. The Balaban J connectivity index is 1.68. The summed E-state index contributed by atoms with van der Waals surface area (Å²) < 4.78 is 34.0. The van der Waals surface area contributed by atoms with Crippen molar-refractivity contribution in [2.45, 2.75) is 39.3 Å². The van der Waals surface area contributed by atoms with Crippen LogP contribution in [0.15, 0.2) is 41.0 Å². The molecule has 1 aliphatic heterocycles. The summed E-state index contributed by atoms with van der Waals surface area (Å²) in [7, 11) is -3.15. The largest absolute Gasteiger partial charge is 0.459 e. The SMILES string of the molecule is CCN(C(=O)[C@H](C)OC(=O)c1ccc(C)c(NC(=O)c2ccco2)c1)[C@@H]1CCS(=O)(=O)C1. The first-order valence-electron chi connectivity index (χ1n) is 10.3. The molecule has 0 radical (unpaired) electrons. The number of aryl methyl sites for hydroxylation is 1. The molecule has 0 unspecified atom stereocenters. The standard InChI is InChI=1S/C22H26N2O7S/c1-4-24(17-9-11-32(28,29)13-17)21(26)15(3)31-22(27)16-8-7-14(2)18(12-16)23-20(25)19-6-5-10-30-19/h5-8,10,12,15,17H,4,9,11,13H2,1-3H3,(H,23,25)/t15-,17+/m0/s1. The summed E-state index contributed by atoms with van der Waals surface area (Å²) in [6.45, 7) is 5.30. The van der Waals surface area contributed by atoms with E-state index < -0.39 is 39.8 Å². The fourth-order valence-corrected chi connectivity index (χ4v) is 5.33. The van der Waals surface area contributed by atoms with Crippen molar-refractivity contribution in [1.82, 2.24) is 4.90 Å². The number of nitrogens with one attached hydrogen (secondary N) is 1. The van der Waals surface area contributed by atoms with Gasteiger partial charge in [-0.25, -0.2) is 13.2 Å². The highest BCUT2D eigenvalue weighted by atomic mass is 32.2. The number of anilines is 1. The summed E-state index contributed by atoms with van der Waals surface area (Å²) >= 11 is 0. The van der Waals surface area contributed by atoms with Crippen LogP contribution in [0.5, 0.6) is 0 Å². The van der Waals surface area contributed by atoms with Gasteiger partial charge in [-0.1, -0.05) is 6.07 Å². The quantitative estimate of drug-likeness (QED) is 0.627. The summed E-state index contributed by atoms with van der Waals surface area (Å²) in [5, 5.41) is 2.68. The molecule has 0 spiro atoms. The Labute approximate surface area is 186 Å². The minimum atomic E-state index is -3.15. The molecule has 2 atom stereocenters. The number of rotatable bonds is 7. The average Bonchev–Trinajstić information content (AvgIpc) is 3.40. The molecule has 1 aromatic heterocycles. The molecule has 1 aromatic carbocycles. The number of furan rings is 1. The second-order valence-electron chi connectivity index (χ2n) is 7.69. The van der Waals surface area contributed by atoms with Gasteiger partial charge in [-0.15, -0.1) is 0 Å². The summed E-state index contributed by atoms with van der Waals surface area (Å²) in [4.78, 5) is 39.2. The molecule has 1 aliphatic rings. The van der Waals surface area contributed by atoms with Crippen LogP contribution in [0.3, 0.4) is 0 Å². The number of carbonyl (C=O) groups is 3. The van der Waals surface area contributed by atoms with Gasteiger partial charge in [-0.3, -0.25) is 9.59 Å². The van der Waals surface area contributed by atoms with E-state index >= 15 is 0 Å². The molecule has 0 aliphatic carbocycles. The molecule has 32 heavy (non-hydrogen) atoms. The first-order chi connectivity index (χ1) is 15.1. The number of nitrogens with zero attached hydrogens (tertiary/aromatic N) is 1. The van der Waals surface area contributed by atoms with Crippen LogP contribution in [0, 0.1) is 6.92 Å². The lowest BCUT2D eigenvalue weighted by Gasteiger charge is -2.29. The molecule has 9 nitrogen and oxygen atoms in total. The Morgan fingerprint density at radius 3 is 2.62 bits per heavy atom. The monoisotopic (exact) mass is 462 g/mol. The van der Waals surface area contributed by atoms with Gasteiger partial charge in [0.05, 0.1) is 23.3 Å². The van der Waals surface area contributed by atoms with E-state index in [-0.39, 0.29) is 22.8 Å². The lowest BCUT2D eigenvalue weighted by atomic mass is 10.1. The topological polar surface area (TPSA) is 123 Å². The Morgan fingerprint density at radius 2 is 2.03 bits per heavy atom. The van der Waals surface area contributed by atoms with Crippen molar-refractivity contribution in [1.29, 1.82) is 0 Å². The molecule has 2 amide bonds. The van der Waals surface area contributed by atoms with Crippen molar-refractivity contribution in [3.05, 3.63) is 53.5 Å². The maximum absolute atomic E-state index is 12.8. The smallest absolute Gasteiger partial charge is 0.338 e. The molecule has 0 saturated carbocycles. The Bertz CT molecular complexity index is 1110. The summed E-state index contributed by atoms with van der Waals surface area (Å²) in [5.41, 5.74) is 1.30. The fourth-order valence-electron chi connectivity index (χ4n) is 3.60. The second-order valence-corrected chi connectivity index (χ2v) is 9.92. The van der Waals surface area contributed by atoms with Gasteiger partial charge in [-0.05, 0) is 57.0 Å². The molecule has 2 heterocycles. The molecule has 3 rings (SSSR count). The van der Waals surface area contributed by atoms with Crippen LogP contribution in [-0.4, -0.2) is 61.3 Å². The number of hydrogen-bond acceptors (Lipinski definition) is 7. The van der Waals surface area contributed by atoms with Gasteiger partial charge in [0, 0.05) is 18.3 Å². The van der Waals surface area contributed by atoms with Gasteiger partial charge in [-0.2, -0.15) is 0 Å². The van der Waals surface area contributed by atoms with E-state index in [2.05, 4.69) is 5.32 Å². The first-order valence-corrected chi connectivity index (χ1v) is 12.1. The lowest BCUT2D eigenvalue weighted by molar-refractivity contribution is -0.141. The van der Waals surface area contributed by atoms with Crippen LogP contribution in [0.25, 0.3) is 0 Å². The summed E-state index contributed by atoms with van der Waals surface area (Å²) in [6, 6.07) is 7.36. The number of likely N-dealkylation sites (N-methyl/N-ethyl adjacent to an activating group) is 1. The zero-order valence-electron chi connectivity index (χ0n) is 18.2. The number of benzene rings is 1. The molecule has 2 aromatic rings. The minimum absolute atomic E-state index is 0.0471. The van der Waals surface area contributed by atoms with Crippen LogP contribution >= 0.6 is 0 Å². The van der Waals surface area contributed by atoms with E-state index in [0.717, 1.165) is 5.56 Å². The maximum Gasteiger partial charge on any atom is 0.338 e. The molecule has 0 bridgehead atoms. The molecule has 1 saturated heterocycles. The second kappa shape index (κ2) is 9.56. The number of amides is 2. The van der Waals surface area contributed by atoms with Crippen molar-refractivity contribution in [2.24, 2.45) is 0 Å². The highest BCUT2D eigenvalue weighted by molar-refractivity contribution is 7.91. The number of hydrogen-bond donors (Lipinski definition) is 1. The zero-order valence-corrected chi connectivity index (χ0v) is 19.0. The van der Waals surface area contributed by atoms with E-state index in [1.54, 1.807) is 32.0 Å². The highest BCUT2D eigenvalue weighted by Crippen LogP contribution is 2.21. The Morgan fingerprint density at radius 1 is 1.28 bits per heavy atom. The van der Waals surface area contributed by atoms with Crippen LogP contribution < -0.4 is 5.32 Å². The predicted molar refractivity (Wildman–Crippen MR) is 117 cm³/mol. The van der Waals surface area contributed by atoms with Gasteiger partial charge in [0.15, 0.2) is 21.7 Å². The van der Waals surface area contributed by atoms with E-state index in [9.17, 15) is 22.8 Å². The molecular weight excluding hydrogens is 436 g/mol. The van der Waals surface area contributed by atoms with Gasteiger partial charge >= 0.3 is 5.97 Å².